The van der Waals surface area contributed by atoms with Gasteiger partial charge in [0.15, 0.2) is 5.82 Å². The summed E-state index contributed by atoms with van der Waals surface area (Å²) in [5.74, 6) is 1.45. The Hall–Kier alpha value is -2.51. The fraction of sp³-hybridized carbons (Fsp3) is 0.611. The molecule has 0 bridgehead atoms. The standard InChI is InChI=1S/C18H25N5O3/c1-10(2)16-21-17(26-22-16)14-6-5-9-23(14)15(24)8-7-13-11(3)19-18(25)20-12(13)4/h10,14H,5-9H2,1-4H3,(H,19,20,25). The van der Waals surface area contributed by atoms with Gasteiger partial charge in [0.1, 0.15) is 6.04 Å². The highest BCUT2D eigenvalue weighted by molar-refractivity contribution is 5.77. The van der Waals surface area contributed by atoms with Crippen molar-refractivity contribution in [2.45, 2.75) is 65.3 Å². The maximum atomic E-state index is 12.8. The first-order valence-corrected chi connectivity index (χ1v) is 9.06. The Morgan fingerprint density at radius 1 is 1.35 bits per heavy atom. The van der Waals surface area contributed by atoms with Crippen molar-refractivity contribution in [2.24, 2.45) is 0 Å². The van der Waals surface area contributed by atoms with E-state index in [1.54, 1.807) is 6.92 Å². The van der Waals surface area contributed by atoms with Crippen LogP contribution in [0.5, 0.6) is 0 Å². The lowest BCUT2D eigenvalue weighted by Crippen LogP contribution is -2.31. The van der Waals surface area contributed by atoms with Gasteiger partial charge in [0.05, 0.1) is 0 Å². The topological polar surface area (TPSA) is 105 Å². The quantitative estimate of drug-likeness (QED) is 0.877. The lowest BCUT2D eigenvalue weighted by atomic mass is 10.1. The van der Waals surface area contributed by atoms with Crippen LogP contribution in [0.25, 0.3) is 0 Å². The van der Waals surface area contributed by atoms with Crippen LogP contribution < -0.4 is 5.69 Å². The first-order valence-electron chi connectivity index (χ1n) is 9.06. The van der Waals surface area contributed by atoms with Gasteiger partial charge in [0.25, 0.3) is 0 Å². The number of H-pyrrole nitrogens is 1. The fourth-order valence-corrected chi connectivity index (χ4v) is 3.44. The number of carbonyl (C=O) groups excluding carboxylic acids is 1. The van der Waals surface area contributed by atoms with Crippen LogP contribution >= 0.6 is 0 Å². The van der Waals surface area contributed by atoms with Gasteiger partial charge >= 0.3 is 5.69 Å². The van der Waals surface area contributed by atoms with Crippen molar-refractivity contribution >= 4 is 5.91 Å². The summed E-state index contributed by atoms with van der Waals surface area (Å²) in [6, 6.07) is -0.140. The van der Waals surface area contributed by atoms with E-state index in [0.717, 1.165) is 24.1 Å². The number of rotatable bonds is 5. The summed E-state index contributed by atoms with van der Waals surface area (Å²) in [5, 5.41) is 4.01. The van der Waals surface area contributed by atoms with Crippen LogP contribution in [0.1, 0.15) is 73.7 Å². The molecule has 0 aromatic carbocycles. The summed E-state index contributed by atoms with van der Waals surface area (Å²) in [6.07, 6.45) is 2.67. The number of likely N-dealkylation sites (tertiary alicyclic amines) is 1. The molecule has 1 atom stereocenters. The highest BCUT2D eigenvalue weighted by Crippen LogP contribution is 2.32. The molecule has 2 aromatic rings. The van der Waals surface area contributed by atoms with Crippen molar-refractivity contribution < 1.29 is 9.32 Å². The molecule has 0 spiro atoms. The minimum absolute atomic E-state index is 0.0572. The van der Waals surface area contributed by atoms with Gasteiger partial charge in [-0.1, -0.05) is 19.0 Å². The molecule has 0 radical (unpaired) electrons. The molecule has 1 N–H and O–H groups in total. The zero-order valence-electron chi connectivity index (χ0n) is 15.7. The van der Waals surface area contributed by atoms with Crippen LogP contribution in [0.4, 0.5) is 0 Å². The van der Waals surface area contributed by atoms with Crippen molar-refractivity contribution in [3.05, 3.63) is 39.2 Å². The Labute approximate surface area is 152 Å². The van der Waals surface area contributed by atoms with Crippen molar-refractivity contribution in [1.82, 2.24) is 25.0 Å². The number of aryl methyl sites for hydroxylation is 2. The second-order valence-corrected chi connectivity index (χ2v) is 7.12. The first-order chi connectivity index (χ1) is 12.4. The third-order valence-corrected chi connectivity index (χ3v) is 4.87. The lowest BCUT2D eigenvalue weighted by molar-refractivity contribution is -0.132. The van der Waals surface area contributed by atoms with E-state index in [-0.39, 0.29) is 23.6 Å². The zero-order chi connectivity index (χ0) is 18.8. The second kappa shape index (κ2) is 7.39. The van der Waals surface area contributed by atoms with Crippen LogP contribution in [-0.2, 0) is 11.2 Å². The summed E-state index contributed by atoms with van der Waals surface area (Å²) in [6.45, 7) is 8.35. The Morgan fingerprint density at radius 2 is 2.12 bits per heavy atom. The summed E-state index contributed by atoms with van der Waals surface area (Å²) in [5.41, 5.74) is 2.02. The summed E-state index contributed by atoms with van der Waals surface area (Å²) < 4.78 is 5.40. The average molecular weight is 359 g/mol. The molecule has 1 aliphatic heterocycles. The van der Waals surface area contributed by atoms with E-state index in [2.05, 4.69) is 20.1 Å². The third kappa shape index (κ3) is 3.68. The molecule has 8 heteroatoms. The summed E-state index contributed by atoms with van der Waals surface area (Å²) >= 11 is 0. The van der Waals surface area contributed by atoms with Crippen LogP contribution in [0.15, 0.2) is 9.32 Å². The van der Waals surface area contributed by atoms with Gasteiger partial charge in [-0.25, -0.2) is 4.79 Å². The molecular weight excluding hydrogens is 334 g/mol. The van der Waals surface area contributed by atoms with E-state index in [0.29, 0.717) is 36.8 Å². The zero-order valence-corrected chi connectivity index (χ0v) is 15.7. The largest absolute Gasteiger partial charge is 0.345 e. The Bertz CT molecular complexity index is 829. The molecule has 1 unspecified atom stereocenters. The van der Waals surface area contributed by atoms with Gasteiger partial charge in [-0.05, 0) is 38.7 Å². The predicted molar refractivity (Wildman–Crippen MR) is 94.7 cm³/mol. The molecule has 2 aromatic heterocycles. The molecule has 0 saturated carbocycles. The smallest absolute Gasteiger partial charge is 0.337 e. The van der Waals surface area contributed by atoms with Crippen LogP contribution in [0.3, 0.4) is 0 Å². The van der Waals surface area contributed by atoms with E-state index in [1.165, 1.54) is 0 Å². The van der Waals surface area contributed by atoms with Gasteiger partial charge in [0, 0.05) is 30.3 Å². The molecule has 3 heterocycles. The molecule has 0 aliphatic carbocycles. The number of carbonyl (C=O) groups is 1. The van der Waals surface area contributed by atoms with Crippen molar-refractivity contribution in [3.8, 4) is 0 Å². The minimum Gasteiger partial charge on any atom is -0.337 e. The average Bonchev–Trinajstić information content (AvgIpc) is 3.22. The first kappa shape index (κ1) is 18.3. The van der Waals surface area contributed by atoms with E-state index in [9.17, 15) is 9.59 Å². The van der Waals surface area contributed by atoms with E-state index in [1.807, 2.05) is 25.7 Å². The third-order valence-electron chi connectivity index (χ3n) is 4.87. The van der Waals surface area contributed by atoms with E-state index < -0.39 is 0 Å². The number of amides is 1. The number of aromatic nitrogens is 4. The van der Waals surface area contributed by atoms with Gasteiger partial charge < -0.3 is 14.4 Å². The number of nitrogens with one attached hydrogen (secondary N) is 1. The number of hydrogen-bond acceptors (Lipinski definition) is 6. The second-order valence-electron chi connectivity index (χ2n) is 7.12. The Kier molecular flexibility index (Phi) is 5.20. The van der Waals surface area contributed by atoms with Crippen LogP contribution in [0.2, 0.25) is 0 Å². The number of aromatic amines is 1. The summed E-state index contributed by atoms with van der Waals surface area (Å²) in [7, 11) is 0. The highest BCUT2D eigenvalue weighted by atomic mass is 16.5. The molecule has 1 aliphatic rings. The van der Waals surface area contributed by atoms with Crippen molar-refractivity contribution in [1.29, 1.82) is 0 Å². The van der Waals surface area contributed by atoms with Gasteiger partial charge in [-0.2, -0.15) is 9.97 Å². The minimum atomic E-state index is -0.355. The number of nitrogens with zero attached hydrogens (tertiary/aromatic N) is 4. The lowest BCUT2D eigenvalue weighted by Gasteiger charge is -2.22. The van der Waals surface area contributed by atoms with Gasteiger partial charge in [0.2, 0.25) is 11.8 Å². The Morgan fingerprint density at radius 3 is 2.77 bits per heavy atom. The molecule has 3 rings (SSSR count). The normalized spacial score (nSPS) is 17.3. The van der Waals surface area contributed by atoms with Crippen molar-refractivity contribution in [3.63, 3.8) is 0 Å². The van der Waals surface area contributed by atoms with Gasteiger partial charge in [-0.15, -0.1) is 0 Å². The molecule has 140 valence electrons. The highest BCUT2D eigenvalue weighted by Gasteiger charge is 2.34. The van der Waals surface area contributed by atoms with E-state index >= 15 is 0 Å². The molecule has 1 saturated heterocycles. The SMILES string of the molecule is Cc1nc(=O)[nH]c(C)c1CCC(=O)N1CCCC1c1nc(C(C)C)no1. The summed E-state index contributed by atoms with van der Waals surface area (Å²) in [4.78, 5) is 37.1. The molecule has 8 nitrogen and oxygen atoms in total. The molecule has 1 fully saturated rings. The van der Waals surface area contributed by atoms with Crippen molar-refractivity contribution in [2.75, 3.05) is 6.54 Å². The van der Waals surface area contributed by atoms with Crippen LogP contribution in [0, 0.1) is 13.8 Å². The van der Waals surface area contributed by atoms with E-state index in [4.69, 9.17) is 4.52 Å². The molecule has 1 amide bonds. The fourth-order valence-electron chi connectivity index (χ4n) is 3.44. The predicted octanol–water partition coefficient (Wildman–Crippen LogP) is 2.19. The monoisotopic (exact) mass is 359 g/mol. The molecule has 26 heavy (non-hydrogen) atoms. The maximum absolute atomic E-state index is 12.8. The maximum Gasteiger partial charge on any atom is 0.345 e. The Balaban J connectivity index is 1.70. The van der Waals surface area contributed by atoms with Gasteiger partial charge in [-0.3, -0.25) is 4.79 Å². The molecular formula is C18H25N5O3. The number of hydrogen-bond donors (Lipinski definition) is 1. The van der Waals surface area contributed by atoms with Crippen LogP contribution in [-0.4, -0.2) is 37.5 Å².